The predicted molar refractivity (Wildman–Crippen MR) is 128 cm³/mol. The second-order valence-electron chi connectivity index (χ2n) is 7.61. The van der Waals surface area contributed by atoms with Gasteiger partial charge in [0, 0.05) is 0 Å². The van der Waals surface area contributed by atoms with Crippen molar-refractivity contribution in [2.75, 3.05) is 5.75 Å². The predicted octanol–water partition coefficient (Wildman–Crippen LogP) is 5.54. The molecule has 34 heavy (non-hydrogen) atoms. The third-order valence-corrected chi connectivity index (χ3v) is 5.88. The minimum absolute atomic E-state index is 0.104. The molecule has 0 saturated carbocycles. The summed E-state index contributed by atoms with van der Waals surface area (Å²) in [5.41, 5.74) is 2.17. The van der Waals surface area contributed by atoms with E-state index in [1.54, 1.807) is 19.1 Å². The number of rotatable bonds is 10. The molecule has 0 aliphatic heterocycles. The Morgan fingerprint density at radius 1 is 1.00 bits per heavy atom. The molecule has 0 bridgehead atoms. The van der Waals surface area contributed by atoms with Gasteiger partial charge >= 0.3 is 0 Å². The number of halogens is 1. The lowest BCUT2D eigenvalue weighted by Gasteiger charge is -2.19. The third-order valence-electron chi connectivity index (χ3n) is 5.06. The molecule has 1 heterocycles. The Morgan fingerprint density at radius 2 is 1.68 bits per heavy atom. The highest BCUT2D eigenvalue weighted by Crippen LogP contribution is 2.26. The Labute approximate surface area is 201 Å². The van der Waals surface area contributed by atoms with Crippen molar-refractivity contribution < 1.29 is 18.3 Å². The highest BCUT2D eigenvalue weighted by molar-refractivity contribution is 7.99. The van der Waals surface area contributed by atoms with Crippen molar-refractivity contribution in [1.29, 1.82) is 0 Å². The smallest absolute Gasteiger partial charge is 0.277 e. The second kappa shape index (κ2) is 11.5. The molecule has 2 atom stereocenters. The molecular formula is C26H24FN3O3S. The number of ether oxygens (including phenoxy) is 1. The molecule has 0 unspecified atom stereocenters. The lowest BCUT2D eigenvalue weighted by Crippen LogP contribution is -2.31. The Balaban J connectivity index is 1.34. The second-order valence-corrected chi connectivity index (χ2v) is 8.53. The zero-order valence-electron chi connectivity index (χ0n) is 18.6. The lowest BCUT2D eigenvalue weighted by atomic mass is 9.99. The van der Waals surface area contributed by atoms with E-state index in [-0.39, 0.29) is 34.6 Å². The van der Waals surface area contributed by atoms with Crippen molar-refractivity contribution in [1.82, 2.24) is 15.5 Å². The van der Waals surface area contributed by atoms with Crippen molar-refractivity contribution >= 4 is 17.7 Å². The molecule has 0 fully saturated rings. The Bertz CT molecular complexity index is 1200. The Morgan fingerprint density at radius 3 is 2.41 bits per heavy atom. The van der Waals surface area contributed by atoms with Gasteiger partial charge in [0.1, 0.15) is 0 Å². The molecule has 0 spiro atoms. The highest BCUT2D eigenvalue weighted by atomic mass is 32.2. The van der Waals surface area contributed by atoms with E-state index in [0.717, 1.165) is 22.9 Å². The zero-order chi connectivity index (χ0) is 23.8. The summed E-state index contributed by atoms with van der Waals surface area (Å²) in [5, 5.41) is 11.3. The van der Waals surface area contributed by atoms with Crippen LogP contribution < -0.4 is 10.1 Å². The molecule has 8 heteroatoms. The molecule has 1 amide bonds. The quantitative estimate of drug-likeness (QED) is 0.302. The number of nitrogens with zero attached hydrogens (tertiary/aromatic N) is 2. The molecule has 1 aromatic heterocycles. The summed E-state index contributed by atoms with van der Waals surface area (Å²) >= 11 is 1.14. The van der Waals surface area contributed by atoms with Gasteiger partial charge in [-0.2, -0.15) is 0 Å². The summed E-state index contributed by atoms with van der Waals surface area (Å²) in [5.74, 6) is -0.194. The fourth-order valence-electron chi connectivity index (χ4n) is 3.37. The molecule has 0 aliphatic carbocycles. The number of carbonyl (C=O) groups is 1. The largest absolute Gasteiger partial charge is 0.478 e. The maximum atomic E-state index is 13.8. The first kappa shape index (κ1) is 23.5. The normalized spacial score (nSPS) is 12.6. The molecule has 1 N–H and O–H groups in total. The number of carbonyl (C=O) groups excluding carboxylic acids is 1. The SMILES string of the molecule is C[C@@H](Oc1ccccc1F)c1nnc(SCC(=O)N[C@@H](Cc2ccccc2)c2ccccc2)o1. The minimum Gasteiger partial charge on any atom is -0.478 e. The van der Waals surface area contributed by atoms with Gasteiger partial charge in [-0.25, -0.2) is 4.39 Å². The number of thioether (sulfide) groups is 1. The van der Waals surface area contributed by atoms with Crippen LogP contribution in [0.3, 0.4) is 0 Å². The fraction of sp³-hybridized carbons (Fsp3) is 0.192. The fourth-order valence-corrected chi connectivity index (χ4v) is 3.96. The summed E-state index contributed by atoms with van der Waals surface area (Å²) in [6.45, 7) is 1.69. The van der Waals surface area contributed by atoms with E-state index in [9.17, 15) is 9.18 Å². The Hall–Kier alpha value is -3.65. The van der Waals surface area contributed by atoms with E-state index in [1.165, 1.54) is 12.1 Å². The van der Waals surface area contributed by atoms with Gasteiger partial charge in [-0.1, -0.05) is 84.6 Å². The van der Waals surface area contributed by atoms with E-state index >= 15 is 0 Å². The van der Waals surface area contributed by atoms with E-state index in [4.69, 9.17) is 9.15 Å². The lowest BCUT2D eigenvalue weighted by molar-refractivity contribution is -0.119. The number of hydrogen-bond acceptors (Lipinski definition) is 6. The molecule has 4 rings (SSSR count). The summed E-state index contributed by atoms with van der Waals surface area (Å²) in [6, 6.07) is 25.8. The summed E-state index contributed by atoms with van der Waals surface area (Å²) in [4.78, 5) is 12.7. The van der Waals surface area contributed by atoms with Crippen molar-refractivity contribution in [2.24, 2.45) is 0 Å². The van der Waals surface area contributed by atoms with Gasteiger partial charge in [0.05, 0.1) is 11.8 Å². The van der Waals surface area contributed by atoms with Crippen LogP contribution in [0.2, 0.25) is 0 Å². The highest BCUT2D eigenvalue weighted by Gasteiger charge is 2.19. The summed E-state index contributed by atoms with van der Waals surface area (Å²) in [7, 11) is 0. The molecular weight excluding hydrogens is 453 g/mol. The molecule has 3 aromatic carbocycles. The van der Waals surface area contributed by atoms with E-state index < -0.39 is 11.9 Å². The third kappa shape index (κ3) is 6.45. The monoisotopic (exact) mass is 477 g/mol. The maximum Gasteiger partial charge on any atom is 0.277 e. The van der Waals surface area contributed by atoms with Gasteiger partial charge in [-0.05, 0) is 36.6 Å². The van der Waals surface area contributed by atoms with Crippen LogP contribution >= 0.6 is 11.8 Å². The first-order chi connectivity index (χ1) is 16.6. The maximum absolute atomic E-state index is 13.8. The van der Waals surface area contributed by atoms with Gasteiger partial charge in [0.2, 0.25) is 5.91 Å². The zero-order valence-corrected chi connectivity index (χ0v) is 19.4. The van der Waals surface area contributed by atoms with Crippen LogP contribution in [0.5, 0.6) is 5.75 Å². The molecule has 0 radical (unpaired) electrons. The van der Waals surface area contributed by atoms with Crippen LogP contribution in [0.25, 0.3) is 0 Å². The summed E-state index contributed by atoms with van der Waals surface area (Å²) in [6.07, 6.45) is 0.0394. The van der Waals surface area contributed by atoms with Crippen LogP contribution in [0, 0.1) is 5.82 Å². The average Bonchev–Trinajstić information content (AvgIpc) is 3.34. The first-order valence-electron chi connectivity index (χ1n) is 10.8. The van der Waals surface area contributed by atoms with Gasteiger partial charge in [0.25, 0.3) is 11.1 Å². The van der Waals surface area contributed by atoms with E-state index in [0.29, 0.717) is 6.42 Å². The number of nitrogens with one attached hydrogen (secondary N) is 1. The van der Waals surface area contributed by atoms with Gasteiger partial charge < -0.3 is 14.5 Å². The van der Waals surface area contributed by atoms with E-state index in [2.05, 4.69) is 15.5 Å². The number of benzene rings is 3. The number of aromatic nitrogens is 2. The van der Waals surface area contributed by atoms with Crippen LogP contribution in [0.15, 0.2) is 94.6 Å². The van der Waals surface area contributed by atoms with Crippen LogP contribution in [0.4, 0.5) is 4.39 Å². The van der Waals surface area contributed by atoms with Crippen molar-refractivity contribution in [3.63, 3.8) is 0 Å². The first-order valence-corrected chi connectivity index (χ1v) is 11.8. The topological polar surface area (TPSA) is 77.2 Å². The number of amides is 1. The van der Waals surface area contributed by atoms with Gasteiger partial charge in [-0.3, -0.25) is 4.79 Å². The standard InChI is InChI=1S/C26H24FN3O3S/c1-18(32-23-15-9-8-14-21(23)27)25-29-30-26(33-25)34-17-24(31)28-22(20-12-6-3-7-13-20)16-19-10-4-2-5-11-19/h2-15,18,22H,16-17H2,1H3,(H,28,31)/t18-,22+/m1/s1. The Kier molecular flexibility index (Phi) is 7.93. The average molecular weight is 478 g/mol. The van der Waals surface area contributed by atoms with Crippen molar-refractivity contribution in [2.45, 2.75) is 30.7 Å². The van der Waals surface area contributed by atoms with E-state index in [1.807, 2.05) is 60.7 Å². The molecule has 0 aliphatic rings. The van der Waals surface area contributed by atoms with Crippen LogP contribution in [0.1, 0.15) is 36.1 Å². The summed E-state index contributed by atoms with van der Waals surface area (Å²) < 4.78 is 25.0. The molecule has 4 aromatic rings. The number of hydrogen-bond donors (Lipinski definition) is 1. The molecule has 6 nitrogen and oxygen atoms in total. The van der Waals surface area contributed by atoms with Crippen molar-refractivity contribution in [3.8, 4) is 5.75 Å². The minimum atomic E-state index is -0.638. The van der Waals surface area contributed by atoms with Crippen LogP contribution in [-0.2, 0) is 11.2 Å². The molecule has 174 valence electrons. The van der Waals surface area contributed by atoms with Crippen LogP contribution in [-0.4, -0.2) is 21.9 Å². The van der Waals surface area contributed by atoms with Gasteiger partial charge in [-0.15, -0.1) is 10.2 Å². The van der Waals surface area contributed by atoms with Crippen molar-refractivity contribution in [3.05, 3.63) is 108 Å². The molecule has 0 saturated heterocycles. The number of para-hydroxylation sites is 1. The van der Waals surface area contributed by atoms with Gasteiger partial charge in [0.15, 0.2) is 17.7 Å².